The van der Waals surface area contributed by atoms with Crippen molar-refractivity contribution in [3.8, 4) is 5.75 Å². The zero-order valence-corrected chi connectivity index (χ0v) is 9.35. The SMILES string of the molecule is CC(=O)Nc1c(Cl)cc([C]=O)c2c1CCO2. The van der Waals surface area contributed by atoms with Crippen LogP contribution in [-0.4, -0.2) is 18.8 Å². The molecule has 1 heterocycles. The lowest BCUT2D eigenvalue weighted by atomic mass is 10.1. The van der Waals surface area contributed by atoms with E-state index < -0.39 is 0 Å². The molecule has 0 aliphatic carbocycles. The molecule has 1 N–H and O–H groups in total. The van der Waals surface area contributed by atoms with Crippen LogP contribution in [0.5, 0.6) is 5.75 Å². The van der Waals surface area contributed by atoms with Crippen LogP contribution >= 0.6 is 11.6 Å². The Balaban J connectivity index is 2.57. The fraction of sp³-hybridized carbons (Fsp3) is 0.273. The Morgan fingerprint density at radius 3 is 3.00 bits per heavy atom. The van der Waals surface area contributed by atoms with E-state index in [1.165, 1.54) is 13.0 Å². The normalized spacial score (nSPS) is 12.9. The van der Waals surface area contributed by atoms with Crippen LogP contribution in [0.3, 0.4) is 0 Å². The minimum atomic E-state index is -0.209. The highest BCUT2D eigenvalue weighted by molar-refractivity contribution is 6.34. The number of halogens is 1. The first kappa shape index (κ1) is 11.0. The molecular weight excluding hydrogens is 230 g/mol. The van der Waals surface area contributed by atoms with Crippen molar-refractivity contribution in [2.24, 2.45) is 0 Å². The third-order valence-electron chi connectivity index (χ3n) is 2.34. The summed E-state index contributed by atoms with van der Waals surface area (Å²) in [4.78, 5) is 21.7. The third kappa shape index (κ3) is 1.76. The molecule has 0 saturated heterocycles. The summed E-state index contributed by atoms with van der Waals surface area (Å²) in [6.45, 7) is 1.88. The van der Waals surface area contributed by atoms with Gasteiger partial charge < -0.3 is 10.1 Å². The van der Waals surface area contributed by atoms with E-state index >= 15 is 0 Å². The number of nitrogens with one attached hydrogen (secondary N) is 1. The molecule has 83 valence electrons. The van der Waals surface area contributed by atoms with Crippen molar-refractivity contribution < 1.29 is 14.3 Å². The molecule has 16 heavy (non-hydrogen) atoms. The van der Waals surface area contributed by atoms with Crippen LogP contribution in [0.1, 0.15) is 18.1 Å². The maximum Gasteiger partial charge on any atom is 0.237 e. The van der Waals surface area contributed by atoms with Crippen molar-refractivity contribution in [1.29, 1.82) is 0 Å². The van der Waals surface area contributed by atoms with Crippen LogP contribution in [-0.2, 0) is 16.0 Å². The average Bonchev–Trinajstić information content (AvgIpc) is 2.70. The second kappa shape index (κ2) is 4.14. The molecule has 0 bridgehead atoms. The van der Waals surface area contributed by atoms with Gasteiger partial charge >= 0.3 is 0 Å². The highest BCUT2D eigenvalue weighted by Gasteiger charge is 2.23. The maximum absolute atomic E-state index is 11.0. The number of hydrogen-bond donors (Lipinski definition) is 1. The molecule has 0 saturated carbocycles. The first-order chi connectivity index (χ1) is 7.63. The topological polar surface area (TPSA) is 55.4 Å². The van der Waals surface area contributed by atoms with E-state index in [0.717, 1.165) is 5.56 Å². The van der Waals surface area contributed by atoms with E-state index in [1.807, 2.05) is 0 Å². The summed E-state index contributed by atoms with van der Waals surface area (Å²) in [6.07, 6.45) is 2.40. The van der Waals surface area contributed by atoms with E-state index in [1.54, 1.807) is 6.29 Å². The number of carbonyl (C=O) groups excluding carboxylic acids is 2. The third-order valence-corrected chi connectivity index (χ3v) is 2.64. The fourth-order valence-electron chi connectivity index (χ4n) is 1.73. The maximum atomic E-state index is 11.0. The van der Waals surface area contributed by atoms with Crippen LogP contribution in [0.25, 0.3) is 0 Å². The number of rotatable bonds is 2. The molecule has 5 heteroatoms. The van der Waals surface area contributed by atoms with Crippen LogP contribution in [0.2, 0.25) is 5.02 Å². The van der Waals surface area contributed by atoms with E-state index in [0.29, 0.717) is 35.1 Å². The van der Waals surface area contributed by atoms with Gasteiger partial charge in [0.2, 0.25) is 12.2 Å². The first-order valence-electron chi connectivity index (χ1n) is 4.77. The van der Waals surface area contributed by atoms with Gasteiger partial charge in [0.05, 0.1) is 22.9 Å². The van der Waals surface area contributed by atoms with Crippen molar-refractivity contribution >= 4 is 29.5 Å². The summed E-state index contributed by atoms with van der Waals surface area (Å²) in [7, 11) is 0. The predicted octanol–water partition coefficient (Wildman–Crippen LogP) is 1.69. The highest BCUT2D eigenvalue weighted by atomic mass is 35.5. The molecule has 0 unspecified atom stereocenters. The summed E-state index contributed by atoms with van der Waals surface area (Å²) < 4.78 is 5.33. The molecule has 1 amide bonds. The van der Waals surface area contributed by atoms with Gasteiger partial charge in [-0.25, -0.2) is 0 Å². The lowest BCUT2D eigenvalue weighted by molar-refractivity contribution is -0.114. The van der Waals surface area contributed by atoms with Gasteiger partial charge in [-0.05, 0) is 6.07 Å². The Morgan fingerprint density at radius 1 is 1.62 bits per heavy atom. The minimum Gasteiger partial charge on any atom is -0.492 e. The molecule has 2 rings (SSSR count). The lowest BCUT2D eigenvalue weighted by Gasteiger charge is -2.11. The Morgan fingerprint density at radius 2 is 2.38 bits per heavy atom. The molecule has 0 atom stereocenters. The molecule has 1 radical (unpaired) electrons. The molecule has 0 aromatic heterocycles. The van der Waals surface area contributed by atoms with Gasteiger partial charge in [0.1, 0.15) is 5.75 Å². The minimum absolute atomic E-state index is 0.209. The van der Waals surface area contributed by atoms with Crippen LogP contribution in [0.15, 0.2) is 6.07 Å². The Labute approximate surface area is 97.5 Å². The quantitative estimate of drug-likeness (QED) is 0.853. The summed E-state index contributed by atoms with van der Waals surface area (Å²) in [6, 6.07) is 1.45. The zero-order chi connectivity index (χ0) is 11.7. The number of fused-ring (bicyclic) bond motifs is 1. The summed E-state index contributed by atoms with van der Waals surface area (Å²) in [5, 5.41) is 2.98. The van der Waals surface area contributed by atoms with E-state index in [2.05, 4.69) is 5.32 Å². The van der Waals surface area contributed by atoms with Crippen molar-refractivity contribution in [2.75, 3.05) is 11.9 Å². The smallest absolute Gasteiger partial charge is 0.237 e. The summed E-state index contributed by atoms with van der Waals surface area (Å²) >= 11 is 5.99. The van der Waals surface area contributed by atoms with E-state index in [4.69, 9.17) is 16.3 Å². The Kier molecular flexibility index (Phi) is 2.83. The van der Waals surface area contributed by atoms with Crippen molar-refractivity contribution in [1.82, 2.24) is 0 Å². The molecule has 1 aliphatic heterocycles. The second-order valence-electron chi connectivity index (χ2n) is 3.47. The Bertz CT molecular complexity index is 471. The average molecular weight is 239 g/mol. The molecule has 0 spiro atoms. The number of benzene rings is 1. The second-order valence-corrected chi connectivity index (χ2v) is 3.88. The van der Waals surface area contributed by atoms with Crippen LogP contribution in [0, 0.1) is 0 Å². The monoisotopic (exact) mass is 238 g/mol. The number of amides is 1. The standard InChI is InChI=1S/C11H9ClNO3/c1-6(15)13-10-8-2-3-16-11(8)7(5-14)4-9(10)12/h4H,2-3H2,1H3,(H,13,15). The zero-order valence-electron chi connectivity index (χ0n) is 8.59. The van der Waals surface area contributed by atoms with E-state index in [-0.39, 0.29) is 5.91 Å². The fourth-order valence-corrected chi connectivity index (χ4v) is 2.00. The van der Waals surface area contributed by atoms with Crippen LogP contribution < -0.4 is 10.1 Å². The van der Waals surface area contributed by atoms with Gasteiger partial charge in [-0.3, -0.25) is 9.59 Å². The molecule has 4 nitrogen and oxygen atoms in total. The van der Waals surface area contributed by atoms with Crippen molar-refractivity contribution in [3.05, 3.63) is 22.2 Å². The predicted molar refractivity (Wildman–Crippen MR) is 59.8 cm³/mol. The van der Waals surface area contributed by atoms with Gasteiger partial charge in [0.25, 0.3) is 0 Å². The summed E-state index contributed by atoms with van der Waals surface area (Å²) in [5.74, 6) is 0.266. The van der Waals surface area contributed by atoms with Gasteiger partial charge in [-0.2, -0.15) is 0 Å². The molecular formula is C11H9ClNO3. The molecule has 1 aliphatic rings. The van der Waals surface area contributed by atoms with Crippen molar-refractivity contribution in [3.63, 3.8) is 0 Å². The number of carbonyl (C=O) groups is 1. The number of hydrogen-bond acceptors (Lipinski definition) is 3. The number of anilines is 1. The van der Waals surface area contributed by atoms with E-state index in [9.17, 15) is 9.59 Å². The molecule has 1 aromatic rings. The van der Waals surface area contributed by atoms with Crippen LogP contribution in [0.4, 0.5) is 5.69 Å². The highest BCUT2D eigenvalue weighted by Crippen LogP contribution is 2.39. The number of ether oxygens (including phenoxy) is 1. The van der Waals surface area contributed by atoms with Crippen molar-refractivity contribution in [2.45, 2.75) is 13.3 Å². The van der Waals surface area contributed by atoms with Gasteiger partial charge in [-0.15, -0.1) is 0 Å². The molecule has 0 fully saturated rings. The van der Waals surface area contributed by atoms with Gasteiger partial charge in [-0.1, -0.05) is 11.6 Å². The lowest BCUT2D eigenvalue weighted by Crippen LogP contribution is -2.08. The Hall–Kier alpha value is -1.55. The first-order valence-corrected chi connectivity index (χ1v) is 5.15. The largest absolute Gasteiger partial charge is 0.492 e. The summed E-state index contributed by atoms with van der Waals surface area (Å²) in [5.41, 5.74) is 1.59. The molecule has 1 aromatic carbocycles. The van der Waals surface area contributed by atoms with Gasteiger partial charge in [0.15, 0.2) is 0 Å². The van der Waals surface area contributed by atoms with Gasteiger partial charge in [0, 0.05) is 18.9 Å².